The quantitative estimate of drug-likeness (QED) is 0.880. The van der Waals surface area contributed by atoms with Crippen LogP contribution in [0.4, 0.5) is 11.8 Å². The first kappa shape index (κ1) is 16.2. The van der Waals surface area contributed by atoms with Gasteiger partial charge >= 0.3 is 0 Å². The highest BCUT2D eigenvalue weighted by molar-refractivity contribution is 5.51. The lowest BCUT2D eigenvalue weighted by Gasteiger charge is -2.34. The fourth-order valence-corrected chi connectivity index (χ4v) is 3.30. The lowest BCUT2D eigenvalue weighted by Crippen LogP contribution is -2.36. The number of rotatable bonds is 3. The molecule has 2 aliphatic heterocycles. The second-order valence-corrected chi connectivity index (χ2v) is 6.54. The summed E-state index contributed by atoms with van der Waals surface area (Å²) in [5, 5.41) is 22.9. The van der Waals surface area contributed by atoms with E-state index < -0.39 is 6.10 Å². The van der Waals surface area contributed by atoms with Crippen LogP contribution in [0.1, 0.15) is 23.6 Å². The summed E-state index contributed by atoms with van der Waals surface area (Å²) in [7, 11) is 0. The van der Waals surface area contributed by atoms with Crippen LogP contribution in [0, 0.1) is 13.8 Å². The van der Waals surface area contributed by atoms with E-state index in [9.17, 15) is 5.11 Å². The van der Waals surface area contributed by atoms with E-state index in [1.807, 2.05) is 13.8 Å². The van der Waals surface area contributed by atoms with E-state index in [1.165, 1.54) is 0 Å². The third-order valence-electron chi connectivity index (χ3n) is 4.74. The smallest absolute Gasteiger partial charge is 0.152 e. The van der Waals surface area contributed by atoms with Crippen LogP contribution in [0.15, 0.2) is 6.20 Å². The van der Waals surface area contributed by atoms with Gasteiger partial charge in [0.1, 0.15) is 5.82 Å². The average Bonchev–Trinajstić information content (AvgIpc) is 2.99. The standard InChI is InChI=1S/C16H22N7O2/c1-10-7-17-16(18-12-3-6-25-9-13(12)24)19-15(10)22-4-5-23-11(2)20-21-14(23)8-22/h7,12-13,24H,3-6,8-9H2,1-2H3/q-1/t12?,13-/m1/s1. The van der Waals surface area contributed by atoms with Crippen LogP contribution in [-0.4, -0.2) is 61.7 Å². The molecule has 0 radical (unpaired) electrons. The summed E-state index contributed by atoms with van der Waals surface area (Å²) in [6, 6.07) is -0.212. The number of aliphatic hydroxyl groups is 1. The molecule has 2 aliphatic rings. The fourth-order valence-electron chi connectivity index (χ4n) is 3.30. The number of nitrogens with zero attached hydrogens (tertiary/aromatic N) is 7. The van der Waals surface area contributed by atoms with Gasteiger partial charge in [0.05, 0.1) is 25.1 Å². The molecule has 1 N–H and O–H groups in total. The second-order valence-electron chi connectivity index (χ2n) is 6.54. The van der Waals surface area contributed by atoms with Crippen molar-refractivity contribution in [1.82, 2.24) is 24.7 Å². The lowest BCUT2D eigenvalue weighted by atomic mass is 10.1. The predicted octanol–water partition coefficient (Wildman–Crippen LogP) is 0.860. The molecule has 2 aromatic heterocycles. The van der Waals surface area contributed by atoms with Crippen molar-refractivity contribution in [3.8, 4) is 0 Å². The first-order valence-corrected chi connectivity index (χ1v) is 8.56. The monoisotopic (exact) mass is 344 g/mol. The predicted molar refractivity (Wildman–Crippen MR) is 90.8 cm³/mol. The van der Waals surface area contributed by atoms with Crippen LogP contribution in [0.5, 0.6) is 0 Å². The van der Waals surface area contributed by atoms with Crippen molar-refractivity contribution in [3.63, 3.8) is 0 Å². The number of aromatic nitrogens is 5. The number of aliphatic hydroxyl groups excluding tert-OH is 1. The van der Waals surface area contributed by atoms with Gasteiger partial charge in [0.25, 0.3) is 0 Å². The molecule has 1 fully saturated rings. The van der Waals surface area contributed by atoms with Crippen molar-refractivity contribution in [1.29, 1.82) is 0 Å². The highest BCUT2D eigenvalue weighted by atomic mass is 16.5. The Labute approximate surface area is 146 Å². The molecule has 4 heterocycles. The Morgan fingerprint density at radius 1 is 1.28 bits per heavy atom. The molecule has 25 heavy (non-hydrogen) atoms. The summed E-state index contributed by atoms with van der Waals surface area (Å²) >= 11 is 0. The Kier molecular flexibility index (Phi) is 4.26. The van der Waals surface area contributed by atoms with Gasteiger partial charge in [-0.3, -0.25) is 0 Å². The van der Waals surface area contributed by atoms with Crippen molar-refractivity contribution in [2.75, 3.05) is 24.7 Å². The van der Waals surface area contributed by atoms with Crippen LogP contribution in [-0.2, 0) is 17.8 Å². The maximum absolute atomic E-state index is 10.0. The normalized spacial score (nSPS) is 23.4. The molecule has 9 nitrogen and oxygen atoms in total. The van der Waals surface area contributed by atoms with Gasteiger partial charge in [0.2, 0.25) is 0 Å². The molecule has 0 aliphatic carbocycles. The van der Waals surface area contributed by atoms with Crippen molar-refractivity contribution in [2.24, 2.45) is 0 Å². The number of ether oxygens (including phenoxy) is 1. The number of anilines is 1. The van der Waals surface area contributed by atoms with Gasteiger partial charge in [-0.15, -0.1) is 10.2 Å². The molecular weight excluding hydrogens is 322 g/mol. The highest BCUT2D eigenvalue weighted by Crippen LogP contribution is 2.28. The summed E-state index contributed by atoms with van der Waals surface area (Å²) < 4.78 is 7.38. The molecule has 0 spiro atoms. The maximum Gasteiger partial charge on any atom is 0.152 e. The van der Waals surface area contributed by atoms with Crippen molar-refractivity contribution in [3.05, 3.63) is 28.7 Å². The van der Waals surface area contributed by atoms with Crippen LogP contribution >= 0.6 is 0 Å². The second kappa shape index (κ2) is 6.57. The molecule has 0 bridgehead atoms. The van der Waals surface area contributed by atoms with Gasteiger partial charge in [-0.1, -0.05) is 0 Å². The number of hydrogen-bond donors (Lipinski definition) is 1. The van der Waals surface area contributed by atoms with Gasteiger partial charge in [0.15, 0.2) is 5.82 Å². The Morgan fingerprint density at radius 3 is 3.00 bits per heavy atom. The van der Waals surface area contributed by atoms with Gasteiger partial charge in [-0.25, -0.2) is 0 Å². The van der Waals surface area contributed by atoms with Gasteiger partial charge in [0, 0.05) is 31.7 Å². The van der Waals surface area contributed by atoms with E-state index >= 15 is 0 Å². The van der Waals surface area contributed by atoms with Crippen LogP contribution in [0.2, 0.25) is 0 Å². The summed E-state index contributed by atoms with van der Waals surface area (Å²) in [4.78, 5) is 11.1. The van der Waals surface area contributed by atoms with Crippen LogP contribution in [0.3, 0.4) is 0 Å². The minimum absolute atomic E-state index is 0.212. The molecule has 134 valence electrons. The van der Waals surface area contributed by atoms with Gasteiger partial charge in [-0.05, 0) is 32.0 Å². The van der Waals surface area contributed by atoms with E-state index in [-0.39, 0.29) is 6.04 Å². The van der Waals surface area contributed by atoms with Crippen LogP contribution in [0.25, 0.3) is 5.32 Å². The minimum Gasteiger partial charge on any atom is -0.390 e. The molecule has 0 amide bonds. The van der Waals surface area contributed by atoms with E-state index in [0.717, 1.165) is 36.1 Å². The maximum atomic E-state index is 10.0. The zero-order valence-corrected chi connectivity index (χ0v) is 14.5. The van der Waals surface area contributed by atoms with Gasteiger partial charge in [-0.2, -0.15) is 0 Å². The Balaban J connectivity index is 1.54. The molecule has 0 saturated carbocycles. The van der Waals surface area contributed by atoms with E-state index in [2.05, 4.69) is 34.9 Å². The Morgan fingerprint density at radius 2 is 2.16 bits per heavy atom. The van der Waals surface area contributed by atoms with Crippen molar-refractivity contribution < 1.29 is 9.84 Å². The fraction of sp³-hybridized carbons (Fsp3) is 0.625. The van der Waals surface area contributed by atoms with E-state index in [4.69, 9.17) is 4.74 Å². The summed E-state index contributed by atoms with van der Waals surface area (Å²) in [5.74, 6) is 3.16. The van der Waals surface area contributed by atoms with E-state index in [1.54, 1.807) is 6.20 Å². The third kappa shape index (κ3) is 3.16. The number of fused-ring (bicyclic) bond motifs is 1. The Hall–Kier alpha value is -2.26. The largest absolute Gasteiger partial charge is 0.390 e. The Bertz CT molecular complexity index is 763. The summed E-state index contributed by atoms with van der Waals surface area (Å²) in [6.45, 7) is 7.22. The van der Waals surface area contributed by atoms with Crippen molar-refractivity contribution in [2.45, 2.75) is 45.5 Å². The molecular formula is C16H22N7O2-. The lowest BCUT2D eigenvalue weighted by molar-refractivity contribution is -0.0109. The summed E-state index contributed by atoms with van der Waals surface area (Å²) in [6.07, 6.45) is 1.87. The zero-order valence-electron chi connectivity index (χ0n) is 14.5. The van der Waals surface area contributed by atoms with E-state index in [0.29, 0.717) is 32.1 Å². The molecule has 0 aromatic carbocycles. The summed E-state index contributed by atoms with van der Waals surface area (Å²) in [5.41, 5.74) is 0.996. The number of hydrogen-bond acceptors (Lipinski definition) is 7. The molecule has 2 aromatic rings. The molecule has 4 rings (SSSR count). The van der Waals surface area contributed by atoms with Crippen LogP contribution < -0.4 is 4.90 Å². The molecule has 9 heteroatoms. The third-order valence-corrected chi connectivity index (χ3v) is 4.74. The highest BCUT2D eigenvalue weighted by Gasteiger charge is 2.23. The minimum atomic E-state index is -0.599. The number of aryl methyl sites for hydroxylation is 2. The average molecular weight is 344 g/mol. The molecule has 1 unspecified atom stereocenters. The first-order chi connectivity index (χ1) is 12.1. The SMILES string of the molecule is Cc1cnc([N-]C2CCOC[C@H]2O)nc1N1CCn2c(C)nnc2C1. The molecule has 2 atom stereocenters. The first-order valence-electron chi connectivity index (χ1n) is 8.56. The van der Waals surface area contributed by atoms with Gasteiger partial charge < -0.3 is 34.6 Å². The molecule has 1 saturated heterocycles. The van der Waals surface area contributed by atoms with Crippen molar-refractivity contribution >= 4 is 11.8 Å². The zero-order chi connectivity index (χ0) is 17.4. The topological polar surface area (TPSA) is 103 Å².